The number of nitrogens with zero attached hydrogens (tertiary/aromatic N) is 1. The van der Waals surface area contributed by atoms with Gasteiger partial charge < -0.3 is 20.1 Å². The summed E-state index contributed by atoms with van der Waals surface area (Å²) in [4.78, 5) is 24.4. The number of nitrogens with one attached hydrogen (secondary N) is 1. The molecule has 2 amide bonds. The monoisotopic (exact) mass is 316 g/mol. The molecular weight excluding hydrogens is 303 g/mol. The lowest BCUT2D eigenvalue weighted by molar-refractivity contribution is -0.142. The Morgan fingerprint density at radius 3 is 2.81 bits per heavy atom. The largest absolute Gasteiger partial charge is 0.481 e. The number of hydrogen-bond acceptors (Lipinski definition) is 3. The molecule has 0 aliphatic carbocycles. The molecule has 6 nitrogen and oxygen atoms in total. The SMILES string of the molecule is CN(C(=O)Nc1c(F)cccc1Cl)C1COCC1C(=O)O. The highest BCUT2D eigenvalue weighted by atomic mass is 35.5. The first kappa shape index (κ1) is 15.5. The van der Waals surface area contributed by atoms with Crippen LogP contribution in [0.1, 0.15) is 0 Å². The molecule has 21 heavy (non-hydrogen) atoms. The van der Waals surface area contributed by atoms with Crippen LogP contribution in [-0.2, 0) is 9.53 Å². The number of benzene rings is 1. The average Bonchev–Trinajstić information content (AvgIpc) is 2.91. The summed E-state index contributed by atoms with van der Waals surface area (Å²) in [5, 5.41) is 11.5. The van der Waals surface area contributed by atoms with Gasteiger partial charge in [0.1, 0.15) is 11.7 Å². The van der Waals surface area contributed by atoms with Crippen LogP contribution in [-0.4, -0.2) is 48.3 Å². The van der Waals surface area contributed by atoms with E-state index in [1.807, 2.05) is 0 Å². The van der Waals surface area contributed by atoms with Gasteiger partial charge in [-0.1, -0.05) is 17.7 Å². The summed E-state index contributed by atoms with van der Waals surface area (Å²) in [5.74, 6) is -2.51. The number of likely N-dealkylation sites (N-methyl/N-ethyl adjacent to an activating group) is 1. The molecule has 2 N–H and O–H groups in total. The number of rotatable bonds is 3. The first-order valence-electron chi connectivity index (χ1n) is 6.20. The Morgan fingerprint density at radius 1 is 1.48 bits per heavy atom. The molecule has 1 aromatic carbocycles. The highest BCUT2D eigenvalue weighted by molar-refractivity contribution is 6.33. The van der Waals surface area contributed by atoms with Gasteiger partial charge in [-0.3, -0.25) is 4.79 Å². The molecule has 0 spiro atoms. The molecule has 8 heteroatoms. The molecule has 2 unspecified atom stereocenters. The molecule has 1 fully saturated rings. The second-order valence-corrected chi connectivity index (χ2v) is 5.09. The van der Waals surface area contributed by atoms with Crippen molar-refractivity contribution in [3.8, 4) is 0 Å². The second kappa shape index (κ2) is 6.28. The number of halogens is 2. The zero-order chi connectivity index (χ0) is 15.6. The van der Waals surface area contributed by atoms with Crippen molar-refractivity contribution in [2.45, 2.75) is 6.04 Å². The number of amides is 2. The van der Waals surface area contributed by atoms with Crippen molar-refractivity contribution in [1.29, 1.82) is 0 Å². The molecule has 0 aromatic heterocycles. The second-order valence-electron chi connectivity index (χ2n) is 4.69. The number of hydrogen-bond donors (Lipinski definition) is 2. The van der Waals surface area contributed by atoms with E-state index in [2.05, 4.69) is 5.32 Å². The minimum Gasteiger partial charge on any atom is -0.481 e. The van der Waals surface area contributed by atoms with E-state index in [0.29, 0.717) is 0 Å². The van der Waals surface area contributed by atoms with E-state index in [1.165, 1.54) is 30.1 Å². The van der Waals surface area contributed by atoms with Crippen LogP contribution in [0.2, 0.25) is 5.02 Å². The highest BCUT2D eigenvalue weighted by Crippen LogP contribution is 2.26. The Labute approximate surface area is 125 Å². The van der Waals surface area contributed by atoms with Gasteiger partial charge in [0.05, 0.1) is 30.0 Å². The van der Waals surface area contributed by atoms with Crippen LogP contribution in [0, 0.1) is 11.7 Å². The number of carbonyl (C=O) groups excluding carboxylic acids is 1. The van der Waals surface area contributed by atoms with Crippen LogP contribution in [0.3, 0.4) is 0 Å². The topological polar surface area (TPSA) is 78.9 Å². The normalized spacial score (nSPS) is 21.1. The third kappa shape index (κ3) is 3.25. The number of carboxylic acids is 1. The predicted octanol–water partition coefficient (Wildman–Crippen LogP) is 2.04. The number of para-hydroxylation sites is 1. The molecule has 1 saturated heterocycles. The molecule has 1 aromatic rings. The maximum atomic E-state index is 13.6. The van der Waals surface area contributed by atoms with E-state index in [1.54, 1.807) is 0 Å². The van der Waals surface area contributed by atoms with Crippen molar-refractivity contribution in [3.63, 3.8) is 0 Å². The number of carboxylic acid groups (broad SMARTS) is 1. The van der Waals surface area contributed by atoms with Crippen LogP contribution < -0.4 is 5.32 Å². The Morgan fingerprint density at radius 2 is 2.19 bits per heavy atom. The lowest BCUT2D eigenvalue weighted by Crippen LogP contribution is -2.46. The molecule has 1 aliphatic heterocycles. The van der Waals surface area contributed by atoms with Crippen LogP contribution in [0.5, 0.6) is 0 Å². The summed E-state index contributed by atoms with van der Waals surface area (Å²) in [7, 11) is 1.43. The van der Waals surface area contributed by atoms with Crippen LogP contribution in [0.15, 0.2) is 18.2 Å². The summed E-state index contributed by atoms with van der Waals surface area (Å²) in [6.07, 6.45) is 0. The van der Waals surface area contributed by atoms with Gasteiger partial charge >= 0.3 is 12.0 Å². The summed E-state index contributed by atoms with van der Waals surface area (Å²) in [5.41, 5.74) is -0.137. The summed E-state index contributed by atoms with van der Waals surface area (Å²) in [6.45, 7) is 0.157. The van der Waals surface area contributed by atoms with Crippen LogP contribution in [0.25, 0.3) is 0 Å². The molecule has 1 aliphatic rings. The molecule has 0 radical (unpaired) electrons. The predicted molar refractivity (Wildman–Crippen MR) is 73.9 cm³/mol. The maximum absolute atomic E-state index is 13.6. The lowest BCUT2D eigenvalue weighted by atomic mass is 10.0. The minimum absolute atomic E-state index is 0.0398. The Kier molecular flexibility index (Phi) is 4.64. The highest BCUT2D eigenvalue weighted by Gasteiger charge is 2.38. The van der Waals surface area contributed by atoms with Gasteiger partial charge in [-0.2, -0.15) is 0 Å². The van der Waals surface area contributed by atoms with E-state index in [-0.39, 0.29) is 23.9 Å². The van der Waals surface area contributed by atoms with E-state index >= 15 is 0 Å². The maximum Gasteiger partial charge on any atom is 0.322 e. The minimum atomic E-state index is -1.04. The van der Waals surface area contributed by atoms with Crippen molar-refractivity contribution in [2.75, 3.05) is 25.6 Å². The van der Waals surface area contributed by atoms with Gasteiger partial charge in [0.25, 0.3) is 0 Å². The molecule has 2 rings (SSSR count). The van der Waals surface area contributed by atoms with Gasteiger partial charge in [-0.15, -0.1) is 0 Å². The average molecular weight is 317 g/mol. The van der Waals surface area contributed by atoms with Gasteiger partial charge in [-0.25, -0.2) is 9.18 Å². The zero-order valence-corrected chi connectivity index (χ0v) is 11.9. The van der Waals surface area contributed by atoms with Gasteiger partial charge in [-0.05, 0) is 12.1 Å². The molecular formula is C13H14ClFN2O4. The molecule has 114 valence electrons. The van der Waals surface area contributed by atoms with E-state index in [4.69, 9.17) is 21.4 Å². The Hall–Kier alpha value is -1.86. The fourth-order valence-corrected chi connectivity index (χ4v) is 2.33. The number of carbonyl (C=O) groups is 2. The molecule has 2 atom stereocenters. The van der Waals surface area contributed by atoms with Crippen LogP contribution >= 0.6 is 11.6 Å². The van der Waals surface area contributed by atoms with E-state index in [9.17, 15) is 14.0 Å². The zero-order valence-electron chi connectivity index (χ0n) is 11.2. The first-order chi connectivity index (χ1) is 9.91. The number of ether oxygens (including phenoxy) is 1. The molecule has 0 saturated carbocycles. The van der Waals surface area contributed by atoms with Crippen molar-refractivity contribution < 1.29 is 23.8 Å². The van der Waals surface area contributed by atoms with Crippen molar-refractivity contribution in [2.24, 2.45) is 5.92 Å². The third-order valence-corrected chi connectivity index (χ3v) is 3.70. The van der Waals surface area contributed by atoms with E-state index < -0.39 is 29.8 Å². The first-order valence-corrected chi connectivity index (χ1v) is 6.58. The number of urea groups is 1. The quantitative estimate of drug-likeness (QED) is 0.894. The van der Waals surface area contributed by atoms with Gasteiger partial charge in [0.15, 0.2) is 0 Å². The molecule has 0 bridgehead atoms. The van der Waals surface area contributed by atoms with Crippen molar-refractivity contribution in [1.82, 2.24) is 4.90 Å². The number of aliphatic carboxylic acids is 1. The fourth-order valence-electron chi connectivity index (χ4n) is 2.12. The summed E-state index contributed by atoms with van der Waals surface area (Å²) in [6, 6.07) is 2.76. The van der Waals surface area contributed by atoms with Gasteiger partial charge in [0.2, 0.25) is 0 Å². The van der Waals surface area contributed by atoms with Gasteiger partial charge in [0, 0.05) is 7.05 Å². The fraction of sp³-hybridized carbons (Fsp3) is 0.385. The van der Waals surface area contributed by atoms with Crippen LogP contribution in [0.4, 0.5) is 14.9 Å². The molecule has 1 heterocycles. The Balaban J connectivity index is 2.11. The van der Waals surface area contributed by atoms with Crippen molar-refractivity contribution in [3.05, 3.63) is 29.0 Å². The Bertz CT molecular complexity index is 549. The van der Waals surface area contributed by atoms with Crippen molar-refractivity contribution >= 4 is 29.3 Å². The summed E-state index contributed by atoms with van der Waals surface area (Å²) < 4.78 is 18.7. The third-order valence-electron chi connectivity index (χ3n) is 3.38. The lowest BCUT2D eigenvalue weighted by Gasteiger charge is -2.26. The standard InChI is InChI=1S/C13H14ClFN2O4/c1-17(10-6-21-5-7(10)12(18)19)13(20)16-11-8(14)3-2-4-9(11)15/h2-4,7,10H,5-6H2,1H3,(H,16,20)(H,18,19). The smallest absolute Gasteiger partial charge is 0.322 e. The number of anilines is 1. The summed E-state index contributed by atoms with van der Waals surface area (Å²) >= 11 is 5.83. The van der Waals surface area contributed by atoms with E-state index in [0.717, 1.165) is 0 Å².